The van der Waals surface area contributed by atoms with E-state index in [0.29, 0.717) is 0 Å². The Hall–Kier alpha value is -2.21. The highest BCUT2D eigenvalue weighted by molar-refractivity contribution is 5.94. The molecule has 2 rings (SSSR count). The molecule has 6 nitrogen and oxygen atoms in total. The van der Waals surface area contributed by atoms with E-state index in [2.05, 4.69) is 20.8 Å². The predicted molar refractivity (Wildman–Crippen MR) is 68.5 cm³/mol. The molecule has 1 aromatic carbocycles. The van der Waals surface area contributed by atoms with Gasteiger partial charge >= 0.3 is 0 Å². The molecule has 0 saturated heterocycles. The minimum Gasteiger partial charge on any atom is -0.325 e. The van der Waals surface area contributed by atoms with Gasteiger partial charge in [-0.25, -0.2) is 0 Å². The van der Waals surface area contributed by atoms with Crippen LogP contribution in [0.2, 0.25) is 0 Å². The maximum atomic E-state index is 11.7. The van der Waals surface area contributed by atoms with Crippen molar-refractivity contribution < 1.29 is 4.79 Å². The van der Waals surface area contributed by atoms with Gasteiger partial charge in [0, 0.05) is 5.69 Å². The number of nitrogens with zero attached hydrogens (tertiary/aromatic N) is 3. The van der Waals surface area contributed by atoms with Gasteiger partial charge in [0.1, 0.15) is 12.7 Å². The first-order chi connectivity index (χ1) is 8.70. The standard InChI is InChI=1S/C12H15N5O/c1-9(13-2)12(18)16-10-4-3-5-11(6-10)17-7-14-15-8-17/h3-9,13H,1-2H3,(H,16,18). The first-order valence-corrected chi connectivity index (χ1v) is 5.64. The number of hydrogen-bond donors (Lipinski definition) is 2. The quantitative estimate of drug-likeness (QED) is 0.836. The van der Waals surface area contributed by atoms with Gasteiger partial charge in [0.2, 0.25) is 5.91 Å². The summed E-state index contributed by atoms with van der Waals surface area (Å²) in [5.74, 6) is -0.0709. The largest absolute Gasteiger partial charge is 0.325 e. The molecule has 6 heteroatoms. The van der Waals surface area contributed by atoms with Crippen molar-refractivity contribution in [2.24, 2.45) is 0 Å². The van der Waals surface area contributed by atoms with Crippen LogP contribution in [0.3, 0.4) is 0 Å². The third-order valence-electron chi connectivity index (χ3n) is 2.66. The lowest BCUT2D eigenvalue weighted by molar-refractivity contribution is -0.117. The Morgan fingerprint density at radius 1 is 1.33 bits per heavy atom. The van der Waals surface area contributed by atoms with Crippen LogP contribution in [0, 0.1) is 0 Å². The average molecular weight is 245 g/mol. The molecule has 0 aliphatic carbocycles. The second-order valence-electron chi connectivity index (χ2n) is 3.92. The van der Waals surface area contributed by atoms with E-state index in [0.717, 1.165) is 11.4 Å². The molecule has 2 aromatic rings. The van der Waals surface area contributed by atoms with Crippen LogP contribution in [0.15, 0.2) is 36.9 Å². The first-order valence-electron chi connectivity index (χ1n) is 5.64. The molecule has 0 spiro atoms. The number of benzene rings is 1. The molecule has 94 valence electrons. The highest BCUT2D eigenvalue weighted by Gasteiger charge is 2.10. The fraction of sp³-hybridized carbons (Fsp3) is 0.250. The van der Waals surface area contributed by atoms with E-state index in [1.165, 1.54) is 0 Å². The summed E-state index contributed by atoms with van der Waals surface area (Å²) in [4.78, 5) is 11.7. The highest BCUT2D eigenvalue weighted by atomic mass is 16.2. The van der Waals surface area contributed by atoms with Crippen LogP contribution in [0.1, 0.15) is 6.92 Å². The van der Waals surface area contributed by atoms with Gasteiger partial charge in [-0.1, -0.05) is 6.07 Å². The Balaban J connectivity index is 2.16. The van der Waals surface area contributed by atoms with E-state index in [-0.39, 0.29) is 11.9 Å². The lowest BCUT2D eigenvalue weighted by Crippen LogP contribution is -2.35. The van der Waals surface area contributed by atoms with Gasteiger partial charge in [0.25, 0.3) is 0 Å². The summed E-state index contributed by atoms with van der Waals surface area (Å²) < 4.78 is 1.77. The molecule has 2 N–H and O–H groups in total. The topological polar surface area (TPSA) is 71.8 Å². The Morgan fingerprint density at radius 2 is 2.06 bits per heavy atom. The maximum Gasteiger partial charge on any atom is 0.241 e. The molecular formula is C12H15N5O. The van der Waals surface area contributed by atoms with Gasteiger partial charge in [-0.2, -0.15) is 0 Å². The number of aromatic nitrogens is 3. The fourth-order valence-corrected chi connectivity index (χ4v) is 1.46. The number of hydrogen-bond acceptors (Lipinski definition) is 4. The van der Waals surface area contributed by atoms with Gasteiger partial charge in [-0.05, 0) is 32.2 Å². The molecular weight excluding hydrogens is 230 g/mol. The van der Waals surface area contributed by atoms with Crippen LogP contribution in [0.25, 0.3) is 5.69 Å². The van der Waals surface area contributed by atoms with Crippen LogP contribution in [0.4, 0.5) is 5.69 Å². The first kappa shape index (κ1) is 12.3. The molecule has 0 fully saturated rings. The molecule has 0 saturated carbocycles. The zero-order valence-electron chi connectivity index (χ0n) is 10.3. The number of anilines is 1. The van der Waals surface area contributed by atoms with E-state index < -0.39 is 0 Å². The van der Waals surface area contributed by atoms with Crippen LogP contribution < -0.4 is 10.6 Å². The molecule has 0 aliphatic heterocycles. The van der Waals surface area contributed by atoms with Gasteiger partial charge in [0.05, 0.1) is 11.7 Å². The van der Waals surface area contributed by atoms with Crippen molar-refractivity contribution >= 4 is 11.6 Å². The molecule has 18 heavy (non-hydrogen) atoms. The Kier molecular flexibility index (Phi) is 3.69. The number of carbonyl (C=O) groups excluding carboxylic acids is 1. The maximum absolute atomic E-state index is 11.7. The molecule has 1 atom stereocenters. The number of rotatable bonds is 4. The zero-order valence-corrected chi connectivity index (χ0v) is 10.3. The summed E-state index contributed by atoms with van der Waals surface area (Å²) in [6.07, 6.45) is 3.22. The van der Waals surface area contributed by atoms with Crippen LogP contribution in [0.5, 0.6) is 0 Å². The smallest absolute Gasteiger partial charge is 0.241 e. The second kappa shape index (κ2) is 5.42. The minimum absolute atomic E-state index is 0.0709. The molecule has 1 unspecified atom stereocenters. The molecule has 1 heterocycles. The molecule has 0 aliphatic rings. The third-order valence-corrected chi connectivity index (χ3v) is 2.66. The van der Waals surface area contributed by atoms with E-state index in [1.807, 2.05) is 24.3 Å². The van der Waals surface area contributed by atoms with Crippen LogP contribution in [-0.2, 0) is 4.79 Å². The number of carbonyl (C=O) groups is 1. The Labute approximate surface area is 105 Å². The Bertz CT molecular complexity index is 523. The predicted octanol–water partition coefficient (Wildman–Crippen LogP) is 0.814. The van der Waals surface area contributed by atoms with Crippen molar-refractivity contribution in [3.8, 4) is 5.69 Å². The Morgan fingerprint density at radius 3 is 2.72 bits per heavy atom. The molecule has 0 radical (unpaired) electrons. The van der Waals surface area contributed by atoms with Gasteiger partial charge in [-0.15, -0.1) is 10.2 Å². The second-order valence-corrected chi connectivity index (χ2v) is 3.92. The van der Waals surface area contributed by atoms with Crippen molar-refractivity contribution in [1.29, 1.82) is 0 Å². The molecule has 1 amide bonds. The van der Waals surface area contributed by atoms with Gasteiger partial charge in [-0.3, -0.25) is 9.36 Å². The highest BCUT2D eigenvalue weighted by Crippen LogP contribution is 2.14. The molecule has 1 aromatic heterocycles. The van der Waals surface area contributed by atoms with E-state index in [9.17, 15) is 4.79 Å². The van der Waals surface area contributed by atoms with E-state index in [1.54, 1.807) is 31.2 Å². The van der Waals surface area contributed by atoms with E-state index in [4.69, 9.17) is 0 Å². The zero-order chi connectivity index (χ0) is 13.0. The summed E-state index contributed by atoms with van der Waals surface area (Å²) in [7, 11) is 1.75. The SMILES string of the molecule is CNC(C)C(=O)Nc1cccc(-n2cnnc2)c1. The number of amides is 1. The van der Waals surface area contributed by atoms with E-state index >= 15 is 0 Å². The summed E-state index contributed by atoms with van der Waals surface area (Å²) >= 11 is 0. The van der Waals surface area contributed by atoms with Crippen molar-refractivity contribution in [3.05, 3.63) is 36.9 Å². The van der Waals surface area contributed by atoms with Crippen molar-refractivity contribution in [1.82, 2.24) is 20.1 Å². The molecule has 0 bridgehead atoms. The average Bonchev–Trinajstić information content (AvgIpc) is 2.92. The summed E-state index contributed by atoms with van der Waals surface area (Å²) in [6.45, 7) is 1.80. The fourth-order valence-electron chi connectivity index (χ4n) is 1.46. The monoisotopic (exact) mass is 245 g/mol. The third kappa shape index (κ3) is 2.72. The van der Waals surface area contributed by atoms with Crippen LogP contribution >= 0.6 is 0 Å². The van der Waals surface area contributed by atoms with Crippen LogP contribution in [-0.4, -0.2) is 33.8 Å². The minimum atomic E-state index is -0.233. The lowest BCUT2D eigenvalue weighted by atomic mass is 10.2. The summed E-state index contributed by atoms with van der Waals surface area (Å²) in [5, 5.41) is 13.2. The van der Waals surface area contributed by atoms with Crippen molar-refractivity contribution in [3.63, 3.8) is 0 Å². The summed E-state index contributed by atoms with van der Waals surface area (Å²) in [5.41, 5.74) is 1.64. The van der Waals surface area contributed by atoms with Crippen molar-refractivity contribution in [2.75, 3.05) is 12.4 Å². The summed E-state index contributed by atoms with van der Waals surface area (Å²) in [6, 6.07) is 7.26. The lowest BCUT2D eigenvalue weighted by Gasteiger charge is -2.11. The number of likely N-dealkylation sites (N-methyl/N-ethyl adjacent to an activating group) is 1. The number of nitrogens with one attached hydrogen (secondary N) is 2. The van der Waals surface area contributed by atoms with Crippen molar-refractivity contribution in [2.45, 2.75) is 13.0 Å². The van der Waals surface area contributed by atoms with Gasteiger partial charge in [0.15, 0.2) is 0 Å². The normalized spacial score (nSPS) is 12.1. The van der Waals surface area contributed by atoms with Gasteiger partial charge < -0.3 is 10.6 Å².